The van der Waals surface area contributed by atoms with E-state index in [1.165, 1.54) is 0 Å². The van der Waals surface area contributed by atoms with E-state index in [0.717, 1.165) is 29.8 Å². The first kappa shape index (κ1) is 21.0. The van der Waals surface area contributed by atoms with Gasteiger partial charge in [-0.25, -0.2) is 4.68 Å². The van der Waals surface area contributed by atoms with Gasteiger partial charge >= 0.3 is 0 Å². The van der Waals surface area contributed by atoms with E-state index in [9.17, 15) is 4.79 Å². The number of nitrogens with zero attached hydrogens (tertiary/aromatic N) is 3. The van der Waals surface area contributed by atoms with Crippen molar-refractivity contribution in [2.45, 2.75) is 46.2 Å². The van der Waals surface area contributed by atoms with Crippen molar-refractivity contribution in [3.8, 4) is 23.1 Å². The van der Waals surface area contributed by atoms with Crippen molar-refractivity contribution in [3.63, 3.8) is 0 Å². The van der Waals surface area contributed by atoms with Crippen molar-refractivity contribution in [1.29, 1.82) is 0 Å². The Bertz CT molecular complexity index is 1060. The summed E-state index contributed by atoms with van der Waals surface area (Å²) >= 11 is 0. The number of carbonyl (C=O) groups excluding carboxylic acids is 1. The Hall–Kier alpha value is -3.28. The van der Waals surface area contributed by atoms with Crippen LogP contribution in [0.15, 0.2) is 54.6 Å². The van der Waals surface area contributed by atoms with Gasteiger partial charge in [-0.05, 0) is 57.9 Å². The molecule has 31 heavy (non-hydrogen) atoms. The summed E-state index contributed by atoms with van der Waals surface area (Å²) in [5.41, 5.74) is 2.66. The van der Waals surface area contributed by atoms with Crippen LogP contribution in [0.5, 0.6) is 17.4 Å². The van der Waals surface area contributed by atoms with Gasteiger partial charge in [0.1, 0.15) is 11.5 Å². The van der Waals surface area contributed by atoms with Gasteiger partial charge in [-0.2, -0.15) is 5.10 Å². The molecule has 162 valence electrons. The second kappa shape index (κ2) is 8.84. The molecule has 0 bridgehead atoms. The fourth-order valence-electron chi connectivity index (χ4n) is 3.60. The first-order valence-electron chi connectivity index (χ1n) is 10.7. The second-order valence-corrected chi connectivity index (χ2v) is 8.23. The van der Waals surface area contributed by atoms with Gasteiger partial charge in [-0.1, -0.05) is 24.3 Å². The first-order valence-corrected chi connectivity index (χ1v) is 10.7. The predicted molar refractivity (Wildman–Crippen MR) is 120 cm³/mol. The lowest BCUT2D eigenvalue weighted by atomic mass is 10.2. The zero-order valence-corrected chi connectivity index (χ0v) is 18.5. The van der Waals surface area contributed by atoms with Gasteiger partial charge in [0.2, 0.25) is 11.8 Å². The molecule has 0 atom stereocenters. The van der Waals surface area contributed by atoms with E-state index in [0.29, 0.717) is 23.9 Å². The maximum Gasteiger partial charge on any atom is 0.227 e. The maximum absolute atomic E-state index is 12.9. The summed E-state index contributed by atoms with van der Waals surface area (Å²) < 4.78 is 13.5. The average Bonchev–Trinajstić information content (AvgIpc) is 3.58. The highest BCUT2D eigenvalue weighted by Crippen LogP contribution is 2.36. The zero-order chi connectivity index (χ0) is 22.0. The number of hydrogen-bond donors (Lipinski definition) is 0. The third-order valence-corrected chi connectivity index (χ3v) is 5.56. The molecule has 1 aromatic heterocycles. The molecule has 0 spiro atoms. The molecule has 1 fully saturated rings. The molecule has 0 unspecified atom stereocenters. The van der Waals surface area contributed by atoms with E-state index >= 15 is 0 Å². The fourth-order valence-corrected chi connectivity index (χ4v) is 3.60. The Morgan fingerprint density at radius 2 is 1.84 bits per heavy atom. The summed E-state index contributed by atoms with van der Waals surface area (Å²) in [5, 5.41) is 4.77. The van der Waals surface area contributed by atoms with E-state index in [4.69, 9.17) is 14.6 Å². The summed E-state index contributed by atoms with van der Waals surface area (Å²) in [7, 11) is 1.63. The molecule has 0 radical (unpaired) electrons. The lowest BCUT2D eigenvalue weighted by Gasteiger charge is -2.27. The molecule has 1 saturated carbocycles. The Morgan fingerprint density at radius 1 is 1.13 bits per heavy atom. The third kappa shape index (κ3) is 4.58. The largest absolute Gasteiger partial charge is 0.497 e. The normalized spacial score (nSPS) is 13.3. The van der Waals surface area contributed by atoms with E-state index < -0.39 is 0 Å². The molecule has 0 N–H and O–H groups in total. The van der Waals surface area contributed by atoms with Crippen LogP contribution in [0, 0.1) is 12.8 Å². The van der Waals surface area contributed by atoms with Crippen LogP contribution in [0.1, 0.15) is 37.9 Å². The van der Waals surface area contributed by atoms with Crippen molar-refractivity contribution in [1.82, 2.24) is 14.7 Å². The predicted octanol–water partition coefficient (Wildman–Crippen LogP) is 5.13. The Morgan fingerprint density at radius 3 is 2.48 bits per heavy atom. The van der Waals surface area contributed by atoms with Crippen molar-refractivity contribution in [2.75, 3.05) is 7.11 Å². The van der Waals surface area contributed by atoms with Gasteiger partial charge in [0.25, 0.3) is 0 Å². The molecule has 6 heteroatoms. The highest BCUT2D eigenvalue weighted by atomic mass is 16.5. The first-order chi connectivity index (χ1) is 15.0. The molecule has 1 aliphatic rings. The smallest absolute Gasteiger partial charge is 0.227 e. The lowest BCUT2D eigenvalue weighted by Crippen LogP contribution is -2.37. The van der Waals surface area contributed by atoms with E-state index in [2.05, 4.69) is 13.8 Å². The number of rotatable bonds is 8. The standard InChI is InChI=1S/C25H29N3O3/c1-17(2)27(24(29)19-13-14-19)16-23-18(3)26-28(20-9-6-5-7-10-20)25(23)31-22-12-8-11-21(15-22)30-4/h5-12,15,17,19H,13-14,16H2,1-4H3. The van der Waals surface area contributed by atoms with Crippen LogP contribution in [-0.4, -0.2) is 33.7 Å². The molecule has 1 heterocycles. The van der Waals surface area contributed by atoms with Crippen LogP contribution >= 0.6 is 0 Å². The lowest BCUT2D eigenvalue weighted by molar-refractivity contribution is -0.134. The van der Waals surface area contributed by atoms with E-state index in [1.54, 1.807) is 7.11 Å². The number of benzene rings is 2. The number of hydrogen-bond acceptors (Lipinski definition) is 4. The van der Waals surface area contributed by atoms with Crippen LogP contribution in [0.25, 0.3) is 5.69 Å². The second-order valence-electron chi connectivity index (χ2n) is 8.23. The van der Waals surface area contributed by atoms with Gasteiger partial charge in [-0.15, -0.1) is 0 Å². The van der Waals surface area contributed by atoms with E-state index in [-0.39, 0.29) is 17.9 Å². The number of aromatic nitrogens is 2. The average molecular weight is 420 g/mol. The molecular weight excluding hydrogens is 390 g/mol. The van der Waals surface area contributed by atoms with Crippen LogP contribution in [0.2, 0.25) is 0 Å². The van der Waals surface area contributed by atoms with Crippen molar-refractivity contribution in [2.24, 2.45) is 5.92 Å². The zero-order valence-electron chi connectivity index (χ0n) is 18.5. The quantitative estimate of drug-likeness (QED) is 0.508. The fraction of sp³-hybridized carbons (Fsp3) is 0.360. The van der Waals surface area contributed by atoms with Crippen LogP contribution in [-0.2, 0) is 11.3 Å². The number of ether oxygens (including phenoxy) is 2. The summed E-state index contributed by atoms with van der Waals surface area (Å²) in [6.07, 6.45) is 1.97. The SMILES string of the molecule is COc1cccc(Oc2c(CN(C(=O)C3CC3)C(C)C)c(C)nn2-c2ccccc2)c1. The number of aryl methyl sites for hydroxylation is 1. The highest BCUT2D eigenvalue weighted by molar-refractivity contribution is 5.81. The number of amides is 1. The van der Waals surface area contributed by atoms with Gasteiger partial charge < -0.3 is 14.4 Å². The summed E-state index contributed by atoms with van der Waals surface area (Å²) in [4.78, 5) is 14.9. The molecule has 6 nitrogen and oxygen atoms in total. The van der Waals surface area contributed by atoms with E-state index in [1.807, 2.05) is 71.1 Å². The maximum atomic E-state index is 12.9. The number of para-hydroxylation sites is 1. The van der Waals surface area contributed by atoms with Gasteiger partial charge in [0.05, 0.1) is 30.6 Å². The Kier molecular flexibility index (Phi) is 5.98. The van der Waals surface area contributed by atoms with Gasteiger partial charge in [0.15, 0.2) is 0 Å². The minimum absolute atomic E-state index is 0.0947. The third-order valence-electron chi connectivity index (χ3n) is 5.56. The molecule has 4 rings (SSSR count). The monoisotopic (exact) mass is 419 g/mol. The molecule has 1 amide bonds. The molecular formula is C25H29N3O3. The minimum Gasteiger partial charge on any atom is -0.497 e. The Balaban J connectivity index is 1.76. The van der Waals surface area contributed by atoms with Crippen molar-refractivity contribution in [3.05, 3.63) is 65.9 Å². The summed E-state index contributed by atoms with van der Waals surface area (Å²) in [5.74, 6) is 2.37. The van der Waals surface area contributed by atoms with Crippen LogP contribution in [0.3, 0.4) is 0 Å². The van der Waals surface area contributed by atoms with Crippen molar-refractivity contribution < 1.29 is 14.3 Å². The number of methoxy groups -OCH3 is 1. The molecule has 1 aliphatic carbocycles. The molecule has 3 aromatic rings. The summed E-state index contributed by atoms with van der Waals surface area (Å²) in [6.45, 7) is 6.54. The molecule has 0 saturated heterocycles. The highest BCUT2D eigenvalue weighted by Gasteiger charge is 2.35. The molecule has 2 aromatic carbocycles. The minimum atomic E-state index is 0.0947. The molecule has 0 aliphatic heterocycles. The van der Waals surface area contributed by atoms with Crippen molar-refractivity contribution >= 4 is 5.91 Å². The van der Waals surface area contributed by atoms with Gasteiger partial charge in [0, 0.05) is 18.0 Å². The number of carbonyl (C=O) groups is 1. The van der Waals surface area contributed by atoms with Crippen LogP contribution in [0.4, 0.5) is 0 Å². The Labute approximate surface area is 183 Å². The summed E-state index contributed by atoms with van der Waals surface area (Å²) in [6, 6.07) is 17.5. The topological polar surface area (TPSA) is 56.6 Å². The van der Waals surface area contributed by atoms with Crippen LogP contribution < -0.4 is 9.47 Å². The van der Waals surface area contributed by atoms with Gasteiger partial charge in [-0.3, -0.25) is 4.79 Å².